The van der Waals surface area contributed by atoms with Gasteiger partial charge in [0, 0.05) is 16.2 Å². The topological polar surface area (TPSA) is 97.6 Å². The Bertz CT molecular complexity index is 1680. The molecule has 0 radical (unpaired) electrons. The van der Waals surface area contributed by atoms with Gasteiger partial charge in [0.2, 0.25) is 0 Å². The van der Waals surface area contributed by atoms with E-state index in [-0.39, 0.29) is 17.7 Å². The number of thiazole rings is 1. The second-order valence-electron chi connectivity index (χ2n) is 8.27. The van der Waals surface area contributed by atoms with Crippen LogP contribution in [0.25, 0.3) is 6.08 Å². The number of aromatic nitrogens is 1. The minimum Gasteiger partial charge on any atom is -0.493 e. The molecule has 3 aromatic rings. The number of carbonyl (C=O) groups is 1. The molecule has 208 valence electrons. The molecule has 0 unspecified atom stereocenters. The van der Waals surface area contributed by atoms with Crippen molar-refractivity contribution in [3.63, 3.8) is 0 Å². The SMILES string of the molecule is C#CCOc1c(/C=c2/sc3n(c2=O)[C@H](c2ccc(OCC)c(OCC)c2)C(C(=O)OC)=CN=3)cc(Br)cc1OC. The normalized spacial score (nSPS) is 14.3. The number of methoxy groups -OCH3 is 2. The summed E-state index contributed by atoms with van der Waals surface area (Å²) < 4.78 is 30.3. The number of ether oxygens (including phenoxy) is 5. The minimum absolute atomic E-state index is 0.0163. The van der Waals surface area contributed by atoms with Gasteiger partial charge < -0.3 is 23.7 Å². The molecular formula is C29H27BrN2O7S. The van der Waals surface area contributed by atoms with Gasteiger partial charge in [0.1, 0.15) is 6.61 Å². The van der Waals surface area contributed by atoms with Gasteiger partial charge in [0.15, 0.2) is 27.8 Å². The first-order valence-electron chi connectivity index (χ1n) is 12.3. The van der Waals surface area contributed by atoms with Crippen molar-refractivity contribution < 1.29 is 28.5 Å². The fourth-order valence-electron chi connectivity index (χ4n) is 4.24. The molecule has 0 bridgehead atoms. The van der Waals surface area contributed by atoms with Gasteiger partial charge in [0.25, 0.3) is 5.56 Å². The van der Waals surface area contributed by atoms with Crippen LogP contribution < -0.4 is 33.8 Å². The summed E-state index contributed by atoms with van der Waals surface area (Å²) >= 11 is 4.65. The fourth-order valence-corrected chi connectivity index (χ4v) is 5.66. The van der Waals surface area contributed by atoms with Crippen LogP contribution in [0, 0.1) is 12.3 Å². The van der Waals surface area contributed by atoms with Crippen LogP contribution in [0.1, 0.15) is 31.0 Å². The summed E-state index contributed by atoms with van der Waals surface area (Å²) in [6.07, 6.45) is 8.53. The van der Waals surface area contributed by atoms with Crippen molar-refractivity contribution >= 4 is 39.3 Å². The number of fused-ring (bicyclic) bond motifs is 1. The molecule has 1 aliphatic heterocycles. The average Bonchev–Trinajstić information content (AvgIpc) is 3.27. The molecule has 0 saturated heterocycles. The number of carbonyl (C=O) groups excluding carboxylic acids is 1. The van der Waals surface area contributed by atoms with E-state index in [0.29, 0.717) is 56.7 Å². The Balaban J connectivity index is 1.94. The zero-order valence-electron chi connectivity index (χ0n) is 22.4. The van der Waals surface area contributed by atoms with Crippen molar-refractivity contribution in [3.05, 3.63) is 77.4 Å². The van der Waals surface area contributed by atoms with Crippen LogP contribution in [0.3, 0.4) is 0 Å². The van der Waals surface area contributed by atoms with Crippen LogP contribution in [0.2, 0.25) is 0 Å². The molecule has 0 N–H and O–H groups in total. The van der Waals surface area contributed by atoms with Gasteiger partial charge in [-0.3, -0.25) is 9.36 Å². The lowest BCUT2D eigenvalue weighted by molar-refractivity contribution is -0.136. The van der Waals surface area contributed by atoms with Crippen LogP contribution in [-0.4, -0.2) is 44.6 Å². The Labute approximate surface area is 243 Å². The Hall–Kier alpha value is -4.01. The highest BCUT2D eigenvalue weighted by Gasteiger charge is 2.31. The van der Waals surface area contributed by atoms with E-state index in [4.69, 9.17) is 30.1 Å². The van der Waals surface area contributed by atoms with Gasteiger partial charge in [0.05, 0.1) is 43.6 Å². The highest BCUT2D eigenvalue weighted by Crippen LogP contribution is 2.36. The van der Waals surface area contributed by atoms with E-state index in [1.54, 1.807) is 36.4 Å². The number of esters is 1. The average molecular weight is 628 g/mol. The van der Waals surface area contributed by atoms with Crippen molar-refractivity contribution in [1.29, 1.82) is 0 Å². The highest BCUT2D eigenvalue weighted by molar-refractivity contribution is 9.10. The number of terminal acetylenes is 1. The summed E-state index contributed by atoms with van der Waals surface area (Å²) in [6.45, 7) is 4.62. The molecule has 0 spiro atoms. The summed E-state index contributed by atoms with van der Waals surface area (Å²) in [6, 6.07) is 8.05. The van der Waals surface area contributed by atoms with E-state index in [9.17, 15) is 9.59 Å². The predicted molar refractivity (Wildman–Crippen MR) is 155 cm³/mol. The van der Waals surface area contributed by atoms with Gasteiger partial charge in [-0.2, -0.15) is 0 Å². The second-order valence-corrected chi connectivity index (χ2v) is 10.2. The minimum atomic E-state index is -0.810. The second kappa shape index (κ2) is 12.9. The summed E-state index contributed by atoms with van der Waals surface area (Å²) in [4.78, 5) is 31.6. The molecule has 0 fully saturated rings. The lowest BCUT2D eigenvalue weighted by Crippen LogP contribution is -2.39. The molecule has 2 heterocycles. The quantitative estimate of drug-likeness (QED) is 0.251. The summed E-state index contributed by atoms with van der Waals surface area (Å²) in [5.41, 5.74) is 1.07. The summed E-state index contributed by atoms with van der Waals surface area (Å²) in [5, 5.41) is 0. The van der Waals surface area contributed by atoms with Gasteiger partial charge in [-0.05, 0) is 49.8 Å². The molecule has 0 saturated carbocycles. The number of nitrogens with zero attached hydrogens (tertiary/aromatic N) is 2. The van der Waals surface area contributed by atoms with Crippen molar-refractivity contribution in [2.75, 3.05) is 34.0 Å². The largest absolute Gasteiger partial charge is 0.493 e. The molecule has 4 rings (SSSR count). The third kappa shape index (κ3) is 5.78. The van der Waals surface area contributed by atoms with Crippen molar-refractivity contribution in [3.8, 4) is 35.3 Å². The number of benzene rings is 2. The van der Waals surface area contributed by atoms with Gasteiger partial charge in [-0.15, -0.1) is 6.42 Å². The first-order chi connectivity index (χ1) is 19.4. The predicted octanol–water partition coefficient (Wildman–Crippen LogP) is 3.60. The zero-order valence-corrected chi connectivity index (χ0v) is 24.8. The molecule has 11 heteroatoms. The van der Waals surface area contributed by atoms with E-state index >= 15 is 0 Å². The maximum absolute atomic E-state index is 13.9. The molecule has 2 aromatic carbocycles. The van der Waals surface area contributed by atoms with Crippen molar-refractivity contribution in [1.82, 2.24) is 4.57 Å². The molecule has 0 aliphatic carbocycles. The molecule has 9 nitrogen and oxygen atoms in total. The number of halogens is 1. The standard InChI is InChI=1S/C29H27BrN2O7S/c1-6-11-39-26-18(12-19(30)15-23(26)35-4)14-24-27(33)32-25(20(28(34)36-5)16-31-29(32)40-24)17-9-10-21(37-7-2)22(13-17)38-8-3/h1,9-10,12-16,25H,7-8,11H2,2-5H3/b24-14+/t25-/m1/s1. The third-order valence-electron chi connectivity index (χ3n) is 5.86. The third-order valence-corrected chi connectivity index (χ3v) is 7.32. The van der Waals surface area contributed by atoms with Gasteiger partial charge in [-0.25, -0.2) is 9.79 Å². The van der Waals surface area contributed by atoms with Gasteiger partial charge in [-0.1, -0.05) is 39.3 Å². The molecule has 1 aliphatic rings. The van der Waals surface area contributed by atoms with Crippen LogP contribution in [0.4, 0.5) is 0 Å². The molecule has 1 aromatic heterocycles. The van der Waals surface area contributed by atoms with Crippen LogP contribution >= 0.6 is 27.3 Å². The Morgan fingerprint density at radius 1 is 1.12 bits per heavy atom. The number of hydrogen-bond donors (Lipinski definition) is 0. The van der Waals surface area contributed by atoms with Crippen LogP contribution in [0.5, 0.6) is 23.0 Å². The lowest BCUT2D eigenvalue weighted by Gasteiger charge is -2.23. The number of rotatable bonds is 10. The van der Waals surface area contributed by atoms with E-state index in [1.165, 1.54) is 36.3 Å². The maximum atomic E-state index is 13.9. The number of hydrogen-bond acceptors (Lipinski definition) is 9. The van der Waals surface area contributed by atoms with Gasteiger partial charge >= 0.3 is 5.97 Å². The molecule has 40 heavy (non-hydrogen) atoms. The Morgan fingerprint density at radius 2 is 1.88 bits per heavy atom. The van der Waals surface area contributed by atoms with Crippen molar-refractivity contribution in [2.45, 2.75) is 19.9 Å². The lowest BCUT2D eigenvalue weighted by atomic mass is 9.97. The monoisotopic (exact) mass is 626 g/mol. The molecule has 1 atom stereocenters. The molecular weight excluding hydrogens is 600 g/mol. The van der Waals surface area contributed by atoms with Crippen LogP contribution in [0.15, 0.2) is 56.4 Å². The smallest absolute Gasteiger partial charge is 0.337 e. The fraction of sp³-hybridized carbons (Fsp3) is 0.276. The zero-order chi connectivity index (χ0) is 28.8. The van der Waals surface area contributed by atoms with E-state index in [0.717, 1.165) is 4.47 Å². The van der Waals surface area contributed by atoms with E-state index < -0.39 is 12.0 Å². The summed E-state index contributed by atoms with van der Waals surface area (Å²) in [7, 11) is 2.80. The van der Waals surface area contributed by atoms with E-state index in [2.05, 4.69) is 26.8 Å². The van der Waals surface area contributed by atoms with Crippen LogP contribution in [-0.2, 0) is 9.53 Å². The Morgan fingerprint density at radius 3 is 2.55 bits per heavy atom. The molecule has 0 amide bonds. The first kappa shape index (κ1) is 29.0. The highest BCUT2D eigenvalue weighted by atomic mass is 79.9. The summed E-state index contributed by atoms with van der Waals surface area (Å²) in [5.74, 6) is 3.76. The van der Waals surface area contributed by atoms with E-state index in [1.807, 2.05) is 13.8 Å². The first-order valence-corrected chi connectivity index (χ1v) is 13.9. The Kier molecular flexibility index (Phi) is 9.34. The van der Waals surface area contributed by atoms with Crippen molar-refractivity contribution in [2.24, 2.45) is 4.99 Å². The maximum Gasteiger partial charge on any atom is 0.337 e.